The predicted octanol–water partition coefficient (Wildman–Crippen LogP) is 1.48. The summed E-state index contributed by atoms with van der Waals surface area (Å²) in [5.41, 5.74) is 7.74. The minimum Gasteiger partial charge on any atom is -0.376 e. The lowest BCUT2D eigenvalue weighted by atomic mass is 9.83. The highest BCUT2D eigenvalue weighted by atomic mass is 16.5. The molecular weight excluding hydrogens is 240 g/mol. The largest absolute Gasteiger partial charge is 0.376 e. The van der Waals surface area contributed by atoms with Gasteiger partial charge in [0.1, 0.15) is 0 Å². The zero-order valence-electron chi connectivity index (χ0n) is 11.6. The molecule has 0 saturated heterocycles. The molecule has 3 atom stereocenters. The molecule has 1 fully saturated rings. The highest BCUT2D eigenvalue weighted by Gasteiger charge is 2.40. The van der Waals surface area contributed by atoms with Crippen LogP contribution >= 0.6 is 0 Å². The SMILES string of the molecule is CCOC1CC(N)C1NC(=O)c1ccccc1CC. The molecular formula is C15H22N2O2. The third kappa shape index (κ3) is 2.96. The van der Waals surface area contributed by atoms with E-state index in [9.17, 15) is 4.79 Å². The number of nitrogens with two attached hydrogens (primary N) is 1. The van der Waals surface area contributed by atoms with Gasteiger partial charge in [0.2, 0.25) is 0 Å². The molecule has 0 spiro atoms. The van der Waals surface area contributed by atoms with Crippen LogP contribution in [0.1, 0.15) is 36.2 Å². The molecule has 0 aliphatic heterocycles. The summed E-state index contributed by atoms with van der Waals surface area (Å²) in [7, 11) is 0. The molecule has 3 unspecified atom stereocenters. The lowest BCUT2D eigenvalue weighted by Crippen LogP contribution is -2.64. The van der Waals surface area contributed by atoms with Crippen molar-refractivity contribution in [2.75, 3.05) is 6.61 Å². The molecule has 0 heterocycles. The van der Waals surface area contributed by atoms with Gasteiger partial charge in [-0.15, -0.1) is 0 Å². The second kappa shape index (κ2) is 6.17. The Labute approximate surface area is 114 Å². The van der Waals surface area contributed by atoms with Crippen molar-refractivity contribution in [2.45, 2.75) is 44.9 Å². The van der Waals surface area contributed by atoms with Gasteiger partial charge in [0.05, 0.1) is 12.1 Å². The van der Waals surface area contributed by atoms with Crippen molar-refractivity contribution in [2.24, 2.45) is 5.73 Å². The normalized spacial score (nSPS) is 25.7. The van der Waals surface area contributed by atoms with Crippen molar-refractivity contribution in [1.82, 2.24) is 5.32 Å². The van der Waals surface area contributed by atoms with Gasteiger partial charge in [-0.2, -0.15) is 0 Å². The van der Waals surface area contributed by atoms with Crippen molar-refractivity contribution in [3.05, 3.63) is 35.4 Å². The Hall–Kier alpha value is -1.39. The summed E-state index contributed by atoms with van der Waals surface area (Å²) in [4.78, 5) is 12.3. The molecule has 3 N–H and O–H groups in total. The summed E-state index contributed by atoms with van der Waals surface area (Å²) >= 11 is 0. The summed E-state index contributed by atoms with van der Waals surface area (Å²) in [6, 6.07) is 7.60. The summed E-state index contributed by atoms with van der Waals surface area (Å²) in [5, 5.41) is 3.00. The summed E-state index contributed by atoms with van der Waals surface area (Å²) in [5.74, 6) is -0.0534. The second-order valence-corrected chi connectivity index (χ2v) is 4.90. The van der Waals surface area contributed by atoms with Gasteiger partial charge in [-0.3, -0.25) is 4.79 Å². The molecule has 0 aromatic heterocycles. The molecule has 4 heteroatoms. The van der Waals surface area contributed by atoms with Crippen LogP contribution in [0.15, 0.2) is 24.3 Å². The molecule has 1 saturated carbocycles. The van der Waals surface area contributed by atoms with Gasteiger partial charge < -0.3 is 15.8 Å². The maximum absolute atomic E-state index is 12.3. The van der Waals surface area contributed by atoms with Crippen molar-refractivity contribution in [1.29, 1.82) is 0 Å². The van der Waals surface area contributed by atoms with E-state index in [1.807, 2.05) is 38.1 Å². The first-order valence-corrected chi connectivity index (χ1v) is 6.93. The van der Waals surface area contributed by atoms with E-state index in [4.69, 9.17) is 10.5 Å². The molecule has 1 aromatic carbocycles. The first kappa shape index (κ1) is 14.0. The monoisotopic (exact) mass is 262 g/mol. The van der Waals surface area contributed by atoms with E-state index in [-0.39, 0.29) is 24.1 Å². The fourth-order valence-corrected chi connectivity index (χ4v) is 2.51. The Bertz CT molecular complexity index is 446. The van der Waals surface area contributed by atoms with E-state index in [1.54, 1.807) is 0 Å². The molecule has 1 aliphatic carbocycles. The van der Waals surface area contributed by atoms with E-state index >= 15 is 0 Å². The van der Waals surface area contributed by atoms with E-state index in [1.165, 1.54) is 0 Å². The smallest absolute Gasteiger partial charge is 0.251 e. The highest BCUT2D eigenvalue weighted by molar-refractivity contribution is 5.96. The maximum Gasteiger partial charge on any atom is 0.251 e. The number of carbonyl (C=O) groups excluding carboxylic acids is 1. The van der Waals surface area contributed by atoms with E-state index in [0.717, 1.165) is 24.0 Å². The van der Waals surface area contributed by atoms with Crippen molar-refractivity contribution in [3.8, 4) is 0 Å². The number of amides is 1. The van der Waals surface area contributed by atoms with Gasteiger partial charge in [-0.1, -0.05) is 25.1 Å². The molecule has 19 heavy (non-hydrogen) atoms. The quantitative estimate of drug-likeness (QED) is 0.845. The second-order valence-electron chi connectivity index (χ2n) is 4.90. The van der Waals surface area contributed by atoms with Crippen LogP contribution in [0.2, 0.25) is 0 Å². The number of nitrogens with one attached hydrogen (secondary N) is 1. The van der Waals surface area contributed by atoms with Gasteiger partial charge in [-0.05, 0) is 31.4 Å². The van der Waals surface area contributed by atoms with Crippen molar-refractivity contribution < 1.29 is 9.53 Å². The average Bonchev–Trinajstić information content (AvgIpc) is 2.44. The van der Waals surface area contributed by atoms with Crippen LogP contribution < -0.4 is 11.1 Å². The number of rotatable bonds is 5. The first-order chi connectivity index (χ1) is 9.17. The Morgan fingerprint density at radius 1 is 1.42 bits per heavy atom. The van der Waals surface area contributed by atoms with E-state index in [2.05, 4.69) is 5.32 Å². The molecule has 2 rings (SSSR count). The fourth-order valence-electron chi connectivity index (χ4n) is 2.51. The van der Waals surface area contributed by atoms with E-state index < -0.39 is 0 Å². The molecule has 4 nitrogen and oxygen atoms in total. The number of carbonyl (C=O) groups is 1. The molecule has 1 amide bonds. The zero-order chi connectivity index (χ0) is 13.8. The standard InChI is InChI=1S/C15H22N2O2/c1-3-10-7-5-6-8-11(10)15(18)17-14-12(16)9-13(14)19-4-2/h5-8,12-14H,3-4,9,16H2,1-2H3,(H,17,18). The van der Waals surface area contributed by atoms with Gasteiger partial charge in [0, 0.05) is 18.2 Å². The average molecular weight is 262 g/mol. The number of aryl methyl sites for hydroxylation is 1. The Morgan fingerprint density at radius 3 is 2.79 bits per heavy atom. The third-order valence-corrected chi connectivity index (χ3v) is 3.69. The molecule has 0 radical (unpaired) electrons. The van der Waals surface area contributed by atoms with Crippen LogP contribution in [0.5, 0.6) is 0 Å². The Kier molecular flexibility index (Phi) is 4.56. The van der Waals surface area contributed by atoms with Gasteiger partial charge in [0.25, 0.3) is 5.91 Å². The van der Waals surface area contributed by atoms with Crippen LogP contribution in [-0.2, 0) is 11.2 Å². The number of hydrogen-bond acceptors (Lipinski definition) is 3. The summed E-state index contributed by atoms with van der Waals surface area (Å²) in [6.07, 6.45) is 1.71. The molecule has 1 aromatic rings. The predicted molar refractivity (Wildman–Crippen MR) is 75.1 cm³/mol. The van der Waals surface area contributed by atoms with Crippen LogP contribution in [0.3, 0.4) is 0 Å². The highest BCUT2D eigenvalue weighted by Crippen LogP contribution is 2.23. The molecule has 104 valence electrons. The topological polar surface area (TPSA) is 64.3 Å². The minimum atomic E-state index is -0.0719. The fraction of sp³-hybridized carbons (Fsp3) is 0.533. The van der Waals surface area contributed by atoms with Crippen LogP contribution in [0, 0.1) is 0 Å². The molecule has 0 bridgehead atoms. The van der Waals surface area contributed by atoms with Crippen molar-refractivity contribution in [3.63, 3.8) is 0 Å². The Balaban J connectivity index is 2.04. The van der Waals surface area contributed by atoms with Crippen LogP contribution in [0.25, 0.3) is 0 Å². The van der Waals surface area contributed by atoms with Crippen LogP contribution in [0.4, 0.5) is 0 Å². The van der Waals surface area contributed by atoms with Crippen molar-refractivity contribution >= 4 is 5.91 Å². The third-order valence-electron chi connectivity index (χ3n) is 3.69. The number of benzene rings is 1. The maximum atomic E-state index is 12.3. The summed E-state index contributed by atoms with van der Waals surface area (Å²) < 4.78 is 5.56. The lowest BCUT2D eigenvalue weighted by Gasteiger charge is -2.42. The summed E-state index contributed by atoms with van der Waals surface area (Å²) in [6.45, 7) is 4.65. The van der Waals surface area contributed by atoms with Gasteiger partial charge >= 0.3 is 0 Å². The number of ether oxygens (including phenoxy) is 1. The zero-order valence-corrected chi connectivity index (χ0v) is 11.6. The number of hydrogen-bond donors (Lipinski definition) is 2. The van der Waals surface area contributed by atoms with E-state index in [0.29, 0.717) is 6.61 Å². The first-order valence-electron chi connectivity index (χ1n) is 6.93. The van der Waals surface area contributed by atoms with Gasteiger partial charge in [0.15, 0.2) is 0 Å². The minimum absolute atomic E-state index is 0.00529. The van der Waals surface area contributed by atoms with Crippen LogP contribution in [-0.4, -0.2) is 30.7 Å². The Morgan fingerprint density at radius 2 is 2.16 bits per heavy atom. The lowest BCUT2D eigenvalue weighted by molar-refractivity contribution is -0.0300. The molecule has 1 aliphatic rings. The van der Waals surface area contributed by atoms with Gasteiger partial charge in [-0.25, -0.2) is 0 Å².